The van der Waals surface area contributed by atoms with Crippen molar-refractivity contribution < 1.29 is 8.42 Å². The van der Waals surface area contributed by atoms with Gasteiger partial charge in [0.1, 0.15) is 5.52 Å². The molecule has 0 saturated heterocycles. The predicted molar refractivity (Wildman–Crippen MR) is 85.9 cm³/mol. The van der Waals surface area contributed by atoms with Gasteiger partial charge >= 0.3 is 0 Å². The average molecular weight is 324 g/mol. The van der Waals surface area contributed by atoms with Crippen LogP contribution in [0, 0.1) is 0 Å². The van der Waals surface area contributed by atoms with E-state index in [0.29, 0.717) is 11.3 Å². The molecule has 2 heterocycles. The lowest BCUT2D eigenvalue weighted by Crippen LogP contribution is -2.16. The molecule has 4 aromatic rings. The van der Waals surface area contributed by atoms with Crippen molar-refractivity contribution in [3.63, 3.8) is 0 Å². The second kappa shape index (κ2) is 5.06. The van der Waals surface area contributed by atoms with Gasteiger partial charge < -0.3 is 0 Å². The number of hydrogen-bond donors (Lipinski definition) is 0. The normalized spacial score (nSPS) is 11.8. The standard InChI is InChI=1S/C16H12N4O2S/c21-23(22,13-7-2-1-3-8-13)19-12-6-11-16(19)20-15-10-5-4-9-14(15)17-18-20/h1-12H. The number of benzene rings is 2. The molecule has 0 aliphatic heterocycles. The lowest BCUT2D eigenvalue weighted by molar-refractivity contribution is 0.585. The van der Waals surface area contributed by atoms with Crippen LogP contribution in [0.4, 0.5) is 0 Å². The highest BCUT2D eigenvalue weighted by molar-refractivity contribution is 7.90. The minimum atomic E-state index is -3.69. The van der Waals surface area contributed by atoms with Gasteiger partial charge in [-0.25, -0.2) is 12.4 Å². The highest BCUT2D eigenvalue weighted by Gasteiger charge is 2.21. The van der Waals surface area contributed by atoms with Gasteiger partial charge in [0.05, 0.1) is 10.4 Å². The molecule has 2 aromatic heterocycles. The first kappa shape index (κ1) is 13.7. The summed E-state index contributed by atoms with van der Waals surface area (Å²) in [6.07, 6.45) is 1.51. The maximum Gasteiger partial charge on any atom is 0.269 e. The predicted octanol–water partition coefficient (Wildman–Crippen LogP) is 2.46. The third-order valence-corrected chi connectivity index (χ3v) is 5.26. The number of hydrogen-bond acceptors (Lipinski definition) is 4. The molecule has 0 aliphatic carbocycles. The van der Waals surface area contributed by atoms with E-state index in [-0.39, 0.29) is 4.90 Å². The Kier molecular flexibility index (Phi) is 3.02. The average Bonchev–Trinajstić information content (AvgIpc) is 3.22. The van der Waals surface area contributed by atoms with Gasteiger partial charge in [-0.3, -0.25) is 0 Å². The Balaban J connectivity index is 1.93. The second-order valence-electron chi connectivity index (χ2n) is 4.97. The molecule has 0 radical (unpaired) electrons. The van der Waals surface area contributed by atoms with Gasteiger partial charge in [-0.15, -0.1) is 5.10 Å². The van der Waals surface area contributed by atoms with Crippen LogP contribution >= 0.6 is 0 Å². The first-order chi connectivity index (χ1) is 11.2. The zero-order valence-electron chi connectivity index (χ0n) is 11.9. The van der Waals surface area contributed by atoms with Crippen LogP contribution in [0.5, 0.6) is 0 Å². The van der Waals surface area contributed by atoms with E-state index in [9.17, 15) is 8.42 Å². The van der Waals surface area contributed by atoms with E-state index >= 15 is 0 Å². The summed E-state index contributed by atoms with van der Waals surface area (Å²) in [5, 5.41) is 8.16. The van der Waals surface area contributed by atoms with Crippen LogP contribution < -0.4 is 0 Å². The highest BCUT2D eigenvalue weighted by Crippen LogP contribution is 2.21. The van der Waals surface area contributed by atoms with E-state index < -0.39 is 10.0 Å². The van der Waals surface area contributed by atoms with Gasteiger partial charge in [0.15, 0.2) is 5.82 Å². The van der Waals surface area contributed by atoms with Crippen molar-refractivity contribution in [2.24, 2.45) is 0 Å². The largest absolute Gasteiger partial charge is 0.269 e. The molecule has 0 unspecified atom stereocenters. The smallest absolute Gasteiger partial charge is 0.225 e. The van der Waals surface area contributed by atoms with Crippen LogP contribution in [-0.4, -0.2) is 27.4 Å². The minimum Gasteiger partial charge on any atom is -0.225 e. The molecule has 4 rings (SSSR count). The van der Waals surface area contributed by atoms with Crippen molar-refractivity contribution in [3.8, 4) is 5.82 Å². The molecule has 0 spiro atoms. The molecule has 0 fully saturated rings. The summed E-state index contributed by atoms with van der Waals surface area (Å²) in [5.74, 6) is 0.419. The molecular weight excluding hydrogens is 312 g/mol. The molecule has 7 heteroatoms. The first-order valence-electron chi connectivity index (χ1n) is 6.97. The van der Waals surface area contributed by atoms with E-state index in [1.807, 2.05) is 24.3 Å². The van der Waals surface area contributed by atoms with Crippen LogP contribution in [0.15, 0.2) is 77.8 Å². The molecular formula is C16H12N4O2S. The Labute approximate surface area is 132 Å². The summed E-state index contributed by atoms with van der Waals surface area (Å²) in [6.45, 7) is 0. The van der Waals surface area contributed by atoms with Gasteiger partial charge in [0.2, 0.25) is 0 Å². The topological polar surface area (TPSA) is 69.8 Å². The van der Waals surface area contributed by atoms with Crippen molar-refractivity contribution in [3.05, 3.63) is 72.9 Å². The molecule has 0 aliphatic rings. The SMILES string of the molecule is O=S(=O)(c1ccccc1)n1cccc1-n1nnc2ccccc21. The van der Waals surface area contributed by atoms with Gasteiger partial charge in [0, 0.05) is 6.20 Å². The van der Waals surface area contributed by atoms with E-state index in [0.717, 1.165) is 5.52 Å². The molecule has 114 valence electrons. The van der Waals surface area contributed by atoms with E-state index in [1.165, 1.54) is 14.9 Å². The zero-order valence-corrected chi connectivity index (χ0v) is 12.8. The summed E-state index contributed by atoms with van der Waals surface area (Å²) in [7, 11) is -3.69. The van der Waals surface area contributed by atoms with Crippen LogP contribution in [0.25, 0.3) is 16.9 Å². The molecule has 0 saturated carbocycles. The lowest BCUT2D eigenvalue weighted by atomic mass is 10.3. The lowest BCUT2D eigenvalue weighted by Gasteiger charge is -2.10. The number of aromatic nitrogens is 4. The Morgan fingerprint density at radius 2 is 1.57 bits per heavy atom. The number of fused-ring (bicyclic) bond motifs is 1. The Hall–Kier alpha value is -2.93. The minimum absolute atomic E-state index is 0.224. The molecule has 0 amide bonds. The molecule has 0 N–H and O–H groups in total. The van der Waals surface area contributed by atoms with Crippen LogP contribution in [0.1, 0.15) is 0 Å². The molecule has 6 nitrogen and oxygen atoms in total. The van der Waals surface area contributed by atoms with E-state index in [1.54, 1.807) is 42.5 Å². The summed E-state index contributed by atoms with van der Waals surface area (Å²) < 4.78 is 28.4. The van der Waals surface area contributed by atoms with Gasteiger partial charge in [-0.05, 0) is 36.4 Å². The molecule has 23 heavy (non-hydrogen) atoms. The number of rotatable bonds is 3. The Bertz CT molecular complexity index is 1080. The molecule has 2 aromatic carbocycles. The number of nitrogens with zero attached hydrogens (tertiary/aromatic N) is 4. The van der Waals surface area contributed by atoms with Crippen molar-refractivity contribution >= 4 is 21.1 Å². The quantitative estimate of drug-likeness (QED) is 0.580. The third kappa shape index (κ3) is 2.13. The highest BCUT2D eigenvalue weighted by atomic mass is 32.2. The fraction of sp³-hybridized carbons (Fsp3) is 0. The summed E-state index contributed by atoms with van der Waals surface area (Å²) >= 11 is 0. The van der Waals surface area contributed by atoms with Crippen molar-refractivity contribution in [1.29, 1.82) is 0 Å². The van der Waals surface area contributed by atoms with Crippen molar-refractivity contribution in [2.45, 2.75) is 4.90 Å². The van der Waals surface area contributed by atoms with E-state index in [4.69, 9.17) is 0 Å². The summed E-state index contributed by atoms with van der Waals surface area (Å²) in [6, 6.07) is 19.1. The summed E-state index contributed by atoms with van der Waals surface area (Å²) in [5.41, 5.74) is 1.45. The van der Waals surface area contributed by atoms with Crippen molar-refractivity contribution in [2.75, 3.05) is 0 Å². The number of para-hydroxylation sites is 1. The monoisotopic (exact) mass is 324 g/mol. The summed E-state index contributed by atoms with van der Waals surface area (Å²) in [4.78, 5) is 0.224. The fourth-order valence-corrected chi connectivity index (χ4v) is 3.81. The maximum atomic E-state index is 12.8. The third-order valence-electron chi connectivity index (χ3n) is 3.56. The first-order valence-corrected chi connectivity index (χ1v) is 8.41. The molecule has 0 bridgehead atoms. The van der Waals surface area contributed by atoms with Gasteiger partial charge in [-0.2, -0.15) is 4.68 Å². The fourth-order valence-electron chi connectivity index (χ4n) is 2.47. The zero-order chi connectivity index (χ0) is 15.9. The maximum absolute atomic E-state index is 12.8. The Morgan fingerprint density at radius 1 is 0.826 bits per heavy atom. The van der Waals surface area contributed by atoms with Gasteiger partial charge in [0.25, 0.3) is 10.0 Å². The van der Waals surface area contributed by atoms with Crippen molar-refractivity contribution in [1.82, 2.24) is 19.0 Å². The van der Waals surface area contributed by atoms with Crippen LogP contribution in [0.3, 0.4) is 0 Å². The van der Waals surface area contributed by atoms with Crippen LogP contribution in [0.2, 0.25) is 0 Å². The van der Waals surface area contributed by atoms with E-state index in [2.05, 4.69) is 10.3 Å². The van der Waals surface area contributed by atoms with Gasteiger partial charge in [-0.1, -0.05) is 35.5 Å². The van der Waals surface area contributed by atoms with Crippen LogP contribution in [-0.2, 0) is 10.0 Å². The molecule has 0 atom stereocenters. The Morgan fingerprint density at radius 3 is 2.39 bits per heavy atom. The second-order valence-corrected chi connectivity index (χ2v) is 6.79.